The second-order valence-electron chi connectivity index (χ2n) is 9.99. The van der Waals surface area contributed by atoms with E-state index in [1.807, 2.05) is 0 Å². The summed E-state index contributed by atoms with van der Waals surface area (Å²) in [7, 11) is 0. The fourth-order valence-corrected chi connectivity index (χ4v) is 8.29. The minimum absolute atomic E-state index is 0.0243. The molecule has 6 unspecified atom stereocenters. The smallest absolute Gasteiger partial charge is 0.161 e. The van der Waals surface area contributed by atoms with Gasteiger partial charge in [-0.15, -0.1) is 0 Å². The number of aliphatic hydroxyl groups is 1. The standard InChI is InChI=1S/C21H30O3/c1-12(22)21(24)10-7-15-13-6-9-20-11-17(20)18(23)4-3-16(20)14(13)5-8-19(15,21)2/h13-17,24H,3-11H2,1-2H3/t13?,14?,15?,16?,17-,19?,20?,21+/m1/s1. The van der Waals surface area contributed by atoms with Crippen LogP contribution in [-0.2, 0) is 9.59 Å². The van der Waals surface area contributed by atoms with Crippen LogP contribution in [-0.4, -0.2) is 22.3 Å². The third-order valence-corrected chi connectivity index (χ3v) is 9.63. The van der Waals surface area contributed by atoms with Gasteiger partial charge in [0.2, 0.25) is 0 Å². The highest BCUT2D eigenvalue weighted by Gasteiger charge is 2.71. The van der Waals surface area contributed by atoms with Crippen molar-refractivity contribution >= 4 is 11.6 Å². The number of ketones is 2. The Hall–Kier alpha value is -0.700. The van der Waals surface area contributed by atoms with E-state index in [9.17, 15) is 14.7 Å². The SMILES string of the molecule is CC(=O)[C@@]1(O)CCC2C3CCC45C[C@@H]4C(=O)CCC5C3CCC21C. The quantitative estimate of drug-likeness (QED) is 0.800. The summed E-state index contributed by atoms with van der Waals surface area (Å²) in [6, 6.07) is 0. The first-order valence-electron chi connectivity index (χ1n) is 10.1. The molecular formula is C21H30O3. The van der Waals surface area contributed by atoms with Crippen LogP contribution in [0.25, 0.3) is 0 Å². The van der Waals surface area contributed by atoms with Crippen LogP contribution in [0.5, 0.6) is 0 Å². The summed E-state index contributed by atoms with van der Waals surface area (Å²) in [5.41, 5.74) is -0.944. The van der Waals surface area contributed by atoms with Gasteiger partial charge in [-0.1, -0.05) is 6.92 Å². The Kier molecular flexibility index (Phi) is 2.93. The Morgan fingerprint density at radius 3 is 2.50 bits per heavy atom. The van der Waals surface area contributed by atoms with E-state index in [-0.39, 0.29) is 11.2 Å². The molecule has 5 aliphatic carbocycles. The van der Waals surface area contributed by atoms with Gasteiger partial charge >= 0.3 is 0 Å². The first-order valence-corrected chi connectivity index (χ1v) is 10.1. The van der Waals surface area contributed by atoms with Crippen molar-refractivity contribution < 1.29 is 14.7 Å². The van der Waals surface area contributed by atoms with Gasteiger partial charge in [0.1, 0.15) is 11.4 Å². The zero-order valence-corrected chi connectivity index (χ0v) is 15.0. The zero-order chi connectivity index (χ0) is 16.9. The average Bonchev–Trinajstić information content (AvgIpc) is 3.21. The number of carbonyl (C=O) groups is 2. The zero-order valence-electron chi connectivity index (χ0n) is 15.0. The molecule has 1 N–H and O–H groups in total. The molecule has 0 saturated heterocycles. The van der Waals surface area contributed by atoms with Crippen LogP contribution < -0.4 is 0 Å². The first kappa shape index (κ1) is 15.5. The topological polar surface area (TPSA) is 54.4 Å². The molecule has 0 aromatic rings. The maximum atomic E-state index is 12.2. The van der Waals surface area contributed by atoms with Crippen molar-refractivity contribution in [2.45, 2.75) is 77.2 Å². The second-order valence-corrected chi connectivity index (χ2v) is 9.99. The molecule has 5 rings (SSSR count). The van der Waals surface area contributed by atoms with Crippen LogP contribution in [0.4, 0.5) is 0 Å². The summed E-state index contributed by atoms with van der Waals surface area (Å²) in [6.07, 6.45) is 9.33. The molecule has 8 atom stereocenters. The van der Waals surface area contributed by atoms with Gasteiger partial charge < -0.3 is 5.11 Å². The largest absolute Gasteiger partial charge is 0.382 e. The van der Waals surface area contributed by atoms with Crippen LogP contribution in [0.15, 0.2) is 0 Å². The number of hydrogen-bond donors (Lipinski definition) is 1. The molecule has 24 heavy (non-hydrogen) atoms. The maximum absolute atomic E-state index is 12.2. The minimum Gasteiger partial charge on any atom is -0.382 e. The first-order chi connectivity index (χ1) is 11.3. The van der Waals surface area contributed by atoms with Crippen molar-refractivity contribution in [3.8, 4) is 0 Å². The van der Waals surface area contributed by atoms with Crippen molar-refractivity contribution in [1.82, 2.24) is 0 Å². The molecular weight excluding hydrogens is 300 g/mol. The fourth-order valence-electron chi connectivity index (χ4n) is 8.29. The van der Waals surface area contributed by atoms with E-state index < -0.39 is 5.60 Å². The highest BCUT2D eigenvalue weighted by atomic mass is 16.3. The second kappa shape index (κ2) is 4.52. The predicted molar refractivity (Wildman–Crippen MR) is 90.2 cm³/mol. The van der Waals surface area contributed by atoms with Crippen molar-refractivity contribution in [1.29, 1.82) is 0 Å². The number of fused-ring (bicyclic) bond motifs is 4. The molecule has 132 valence electrons. The molecule has 0 radical (unpaired) electrons. The number of hydrogen-bond acceptors (Lipinski definition) is 3. The van der Waals surface area contributed by atoms with Gasteiger partial charge in [-0.3, -0.25) is 9.59 Å². The summed E-state index contributed by atoms with van der Waals surface area (Å²) in [5.74, 6) is 3.56. The van der Waals surface area contributed by atoms with Crippen molar-refractivity contribution in [2.24, 2.45) is 40.4 Å². The van der Waals surface area contributed by atoms with Gasteiger partial charge in [0.05, 0.1) is 0 Å². The van der Waals surface area contributed by atoms with Crippen LogP contribution >= 0.6 is 0 Å². The van der Waals surface area contributed by atoms with Gasteiger partial charge in [0.25, 0.3) is 0 Å². The highest BCUT2D eigenvalue weighted by molar-refractivity contribution is 5.86. The van der Waals surface area contributed by atoms with E-state index in [4.69, 9.17) is 0 Å². The molecule has 0 aromatic heterocycles. The number of rotatable bonds is 1. The van der Waals surface area contributed by atoms with Crippen LogP contribution in [0.3, 0.4) is 0 Å². The molecule has 0 bridgehead atoms. The van der Waals surface area contributed by atoms with E-state index in [0.29, 0.717) is 35.4 Å². The van der Waals surface area contributed by atoms with Gasteiger partial charge in [-0.25, -0.2) is 0 Å². The lowest BCUT2D eigenvalue weighted by Crippen LogP contribution is -2.56. The Morgan fingerprint density at radius 1 is 1.04 bits per heavy atom. The highest BCUT2D eigenvalue weighted by Crippen LogP contribution is 2.74. The Morgan fingerprint density at radius 2 is 1.75 bits per heavy atom. The Labute approximate surface area is 144 Å². The Bertz CT molecular complexity index is 627. The summed E-state index contributed by atoms with van der Waals surface area (Å²) >= 11 is 0. The number of Topliss-reactive ketones (excluding diaryl/α,β-unsaturated/α-hetero) is 2. The van der Waals surface area contributed by atoms with Gasteiger partial charge in [0.15, 0.2) is 5.78 Å². The summed E-state index contributed by atoms with van der Waals surface area (Å²) in [5, 5.41) is 11.1. The van der Waals surface area contributed by atoms with E-state index >= 15 is 0 Å². The fraction of sp³-hybridized carbons (Fsp3) is 0.905. The van der Waals surface area contributed by atoms with Crippen LogP contribution in [0.1, 0.15) is 71.6 Å². The Balaban J connectivity index is 1.46. The monoisotopic (exact) mass is 330 g/mol. The van der Waals surface area contributed by atoms with Gasteiger partial charge in [-0.05, 0) is 87.4 Å². The molecule has 0 heterocycles. The molecule has 5 aliphatic rings. The van der Waals surface area contributed by atoms with E-state index in [0.717, 1.165) is 43.9 Å². The van der Waals surface area contributed by atoms with Crippen LogP contribution in [0, 0.1) is 40.4 Å². The third-order valence-electron chi connectivity index (χ3n) is 9.63. The molecule has 0 aliphatic heterocycles. The van der Waals surface area contributed by atoms with Crippen molar-refractivity contribution in [2.75, 3.05) is 0 Å². The van der Waals surface area contributed by atoms with Crippen molar-refractivity contribution in [3.63, 3.8) is 0 Å². The normalized spacial score (nSPS) is 58.3. The number of carbonyl (C=O) groups excluding carboxylic acids is 2. The molecule has 5 saturated carbocycles. The molecule has 0 amide bonds. The molecule has 3 heteroatoms. The third kappa shape index (κ3) is 1.59. The van der Waals surface area contributed by atoms with E-state index in [2.05, 4.69) is 6.92 Å². The van der Waals surface area contributed by atoms with Gasteiger partial charge in [-0.2, -0.15) is 0 Å². The maximum Gasteiger partial charge on any atom is 0.161 e. The summed E-state index contributed by atoms with van der Waals surface area (Å²) in [4.78, 5) is 24.4. The lowest BCUT2D eigenvalue weighted by atomic mass is 9.48. The summed E-state index contributed by atoms with van der Waals surface area (Å²) < 4.78 is 0. The summed E-state index contributed by atoms with van der Waals surface area (Å²) in [6.45, 7) is 3.77. The van der Waals surface area contributed by atoms with Gasteiger partial charge in [0, 0.05) is 17.8 Å². The predicted octanol–water partition coefficient (Wildman–Crippen LogP) is 3.53. The molecule has 1 spiro atoms. The average molecular weight is 330 g/mol. The molecule has 0 aromatic carbocycles. The lowest BCUT2D eigenvalue weighted by molar-refractivity contribution is -0.162. The minimum atomic E-state index is -1.09. The molecule has 3 nitrogen and oxygen atoms in total. The lowest BCUT2D eigenvalue weighted by Gasteiger charge is -2.57. The molecule has 5 fully saturated rings. The van der Waals surface area contributed by atoms with Crippen LogP contribution in [0.2, 0.25) is 0 Å². The van der Waals surface area contributed by atoms with E-state index in [1.165, 1.54) is 19.3 Å². The van der Waals surface area contributed by atoms with E-state index in [1.54, 1.807) is 6.92 Å². The van der Waals surface area contributed by atoms with Crippen molar-refractivity contribution in [3.05, 3.63) is 0 Å².